The number of alkyl halides is 3. The van der Waals surface area contributed by atoms with E-state index in [1.54, 1.807) is 0 Å². The lowest BCUT2D eigenvalue weighted by Crippen LogP contribution is -2.10. The number of aromatic carboxylic acids is 1. The zero-order chi connectivity index (χ0) is 12.3. The summed E-state index contributed by atoms with van der Waals surface area (Å²) in [5.74, 6) is -3.73. The molecule has 0 amide bonds. The molecule has 1 N–H and O–H groups in total. The van der Waals surface area contributed by atoms with Crippen LogP contribution in [0.4, 0.5) is 13.2 Å². The van der Waals surface area contributed by atoms with Crippen LogP contribution in [0, 0.1) is 5.82 Å². The lowest BCUT2D eigenvalue weighted by Gasteiger charge is -2.10. The Kier molecular flexibility index (Phi) is 4.00. The second kappa shape index (κ2) is 5.07. The molecule has 3 nitrogen and oxygen atoms in total. The van der Waals surface area contributed by atoms with E-state index in [0.29, 0.717) is 0 Å². The molecule has 0 radical (unpaired) electrons. The van der Waals surface area contributed by atoms with E-state index in [-0.39, 0.29) is 11.4 Å². The Balaban J connectivity index is 3.28. The van der Waals surface area contributed by atoms with Gasteiger partial charge in [-0.3, -0.25) is 0 Å². The third kappa shape index (κ3) is 2.79. The third-order valence-electron chi connectivity index (χ3n) is 1.70. The van der Waals surface area contributed by atoms with Crippen molar-refractivity contribution < 1.29 is 27.8 Å². The molecule has 0 saturated heterocycles. The van der Waals surface area contributed by atoms with Crippen molar-refractivity contribution in [3.8, 4) is 5.75 Å². The van der Waals surface area contributed by atoms with E-state index in [1.807, 2.05) is 0 Å². The highest BCUT2D eigenvalue weighted by molar-refractivity contribution is 6.17. The van der Waals surface area contributed by atoms with Crippen molar-refractivity contribution in [1.82, 2.24) is 0 Å². The standard InChI is InChI=1S/C9H6ClF3O3/c10-3-4-1-5(11)7(8(14)15)6(2-4)16-9(12)13/h1-2,9H,3H2,(H,14,15). The minimum atomic E-state index is -3.23. The number of halogens is 4. The van der Waals surface area contributed by atoms with E-state index in [0.717, 1.165) is 12.1 Å². The third-order valence-corrected chi connectivity index (χ3v) is 2.01. The van der Waals surface area contributed by atoms with Gasteiger partial charge in [0.2, 0.25) is 0 Å². The fraction of sp³-hybridized carbons (Fsp3) is 0.222. The molecule has 0 spiro atoms. The predicted octanol–water partition coefficient (Wildman–Crippen LogP) is 2.86. The van der Waals surface area contributed by atoms with Gasteiger partial charge in [0.05, 0.1) is 0 Å². The Morgan fingerprint density at radius 2 is 2.12 bits per heavy atom. The lowest BCUT2D eigenvalue weighted by atomic mass is 10.1. The van der Waals surface area contributed by atoms with Crippen LogP contribution in [-0.2, 0) is 5.88 Å². The molecular weight excluding hydrogens is 249 g/mol. The van der Waals surface area contributed by atoms with E-state index in [1.165, 1.54) is 0 Å². The fourth-order valence-electron chi connectivity index (χ4n) is 1.11. The SMILES string of the molecule is O=C(O)c1c(F)cc(CCl)cc1OC(F)F. The highest BCUT2D eigenvalue weighted by atomic mass is 35.5. The van der Waals surface area contributed by atoms with Crippen LogP contribution in [0.15, 0.2) is 12.1 Å². The van der Waals surface area contributed by atoms with Gasteiger partial charge in [0, 0.05) is 5.88 Å². The van der Waals surface area contributed by atoms with Crippen LogP contribution in [-0.4, -0.2) is 17.7 Å². The lowest BCUT2D eigenvalue weighted by molar-refractivity contribution is -0.0505. The zero-order valence-corrected chi connectivity index (χ0v) is 8.47. The minimum absolute atomic E-state index is 0.142. The molecule has 0 saturated carbocycles. The summed E-state index contributed by atoms with van der Waals surface area (Å²) in [6.07, 6.45) is 0. The van der Waals surface area contributed by atoms with E-state index in [4.69, 9.17) is 16.7 Å². The summed E-state index contributed by atoms with van der Waals surface area (Å²) in [7, 11) is 0. The molecule has 0 heterocycles. The molecule has 1 aromatic carbocycles. The van der Waals surface area contributed by atoms with Gasteiger partial charge in [-0.25, -0.2) is 9.18 Å². The topological polar surface area (TPSA) is 46.5 Å². The summed E-state index contributed by atoms with van der Waals surface area (Å²) < 4.78 is 41.1. The van der Waals surface area contributed by atoms with Crippen LogP contribution in [0.3, 0.4) is 0 Å². The Bertz CT molecular complexity index is 409. The number of hydrogen-bond acceptors (Lipinski definition) is 2. The Labute approximate surface area is 93.4 Å². The van der Waals surface area contributed by atoms with Crippen molar-refractivity contribution in [3.63, 3.8) is 0 Å². The van der Waals surface area contributed by atoms with Crippen LogP contribution in [0.25, 0.3) is 0 Å². The van der Waals surface area contributed by atoms with Crippen LogP contribution >= 0.6 is 11.6 Å². The van der Waals surface area contributed by atoms with Gasteiger partial charge in [0.1, 0.15) is 17.1 Å². The molecule has 0 aliphatic carbocycles. The van der Waals surface area contributed by atoms with E-state index >= 15 is 0 Å². The first-order valence-corrected chi connectivity index (χ1v) is 4.55. The van der Waals surface area contributed by atoms with Crippen molar-refractivity contribution in [3.05, 3.63) is 29.1 Å². The maximum Gasteiger partial charge on any atom is 0.387 e. The Morgan fingerprint density at radius 3 is 2.56 bits per heavy atom. The number of carboxylic acids is 1. The van der Waals surface area contributed by atoms with Crippen LogP contribution in [0.2, 0.25) is 0 Å². The monoisotopic (exact) mass is 254 g/mol. The first-order valence-electron chi connectivity index (χ1n) is 4.02. The summed E-state index contributed by atoms with van der Waals surface area (Å²) in [6.45, 7) is -3.23. The average molecular weight is 255 g/mol. The molecular formula is C9H6ClF3O3. The smallest absolute Gasteiger partial charge is 0.387 e. The summed E-state index contributed by atoms with van der Waals surface area (Å²) in [5, 5.41) is 8.63. The fourth-order valence-corrected chi connectivity index (χ4v) is 1.26. The van der Waals surface area contributed by atoms with Crippen LogP contribution in [0.1, 0.15) is 15.9 Å². The maximum atomic E-state index is 13.2. The van der Waals surface area contributed by atoms with Gasteiger partial charge >= 0.3 is 12.6 Å². The first kappa shape index (κ1) is 12.6. The summed E-state index contributed by atoms with van der Waals surface area (Å²) in [6, 6.07) is 1.82. The quantitative estimate of drug-likeness (QED) is 0.841. The van der Waals surface area contributed by atoms with Crippen molar-refractivity contribution in [2.24, 2.45) is 0 Å². The molecule has 7 heteroatoms. The molecule has 0 aromatic heterocycles. The number of carboxylic acid groups (broad SMARTS) is 1. The van der Waals surface area contributed by atoms with Crippen molar-refractivity contribution in [2.45, 2.75) is 12.5 Å². The molecule has 0 aliphatic rings. The molecule has 0 fully saturated rings. The average Bonchev–Trinajstić information content (AvgIpc) is 2.14. The van der Waals surface area contributed by atoms with Gasteiger partial charge in [0.15, 0.2) is 0 Å². The van der Waals surface area contributed by atoms with Gasteiger partial charge in [-0.15, -0.1) is 11.6 Å². The number of benzene rings is 1. The normalized spacial score (nSPS) is 10.6. The number of hydrogen-bond donors (Lipinski definition) is 1. The maximum absolute atomic E-state index is 13.2. The van der Waals surface area contributed by atoms with Crippen molar-refractivity contribution >= 4 is 17.6 Å². The molecule has 88 valence electrons. The van der Waals surface area contributed by atoms with Gasteiger partial charge in [-0.05, 0) is 17.7 Å². The molecule has 0 bridgehead atoms. The van der Waals surface area contributed by atoms with E-state index in [9.17, 15) is 18.0 Å². The van der Waals surface area contributed by atoms with Crippen LogP contribution < -0.4 is 4.74 Å². The molecule has 0 unspecified atom stereocenters. The molecule has 16 heavy (non-hydrogen) atoms. The van der Waals surface area contributed by atoms with Crippen molar-refractivity contribution in [1.29, 1.82) is 0 Å². The zero-order valence-electron chi connectivity index (χ0n) is 7.71. The predicted molar refractivity (Wildman–Crippen MR) is 49.5 cm³/mol. The van der Waals surface area contributed by atoms with Gasteiger partial charge in [-0.1, -0.05) is 0 Å². The Morgan fingerprint density at radius 1 is 1.50 bits per heavy atom. The van der Waals surface area contributed by atoms with Gasteiger partial charge in [-0.2, -0.15) is 8.78 Å². The van der Waals surface area contributed by atoms with Gasteiger partial charge < -0.3 is 9.84 Å². The highest BCUT2D eigenvalue weighted by Crippen LogP contribution is 2.26. The van der Waals surface area contributed by atoms with Crippen LogP contribution in [0.5, 0.6) is 5.75 Å². The first-order chi connectivity index (χ1) is 7.45. The summed E-state index contributed by atoms with van der Waals surface area (Å²) >= 11 is 5.38. The van der Waals surface area contributed by atoms with Crippen molar-refractivity contribution in [2.75, 3.05) is 0 Å². The molecule has 1 aromatic rings. The number of ether oxygens (including phenoxy) is 1. The molecule has 0 atom stereocenters. The Hall–Kier alpha value is -1.43. The minimum Gasteiger partial charge on any atom is -0.477 e. The van der Waals surface area contributed by atoms with E-state index in [2.05, 4.69) is 4.74 Å². The van der Waals surface area contributed by atoms with Gasteiger partial charge in [0.25, 0.3) is 0 Å². The van der Waals surface area contributed by atoms with E-state index < -0.39 is 29.7 Å². The number of carbonyl (C=O) groups is 1. The largest absolute Gasteiger partial charge is 0.477 e. The number of rotatable bonds is 4. The molecule has 0 aliphatic heterocycles. The summed E-state index contributed by atoms with van der Waals surface area (Å²) in [5.41, 5.74) is -0.783. The molecule has 1 rings (SSSR count). The summed E-state index contributed by atoms with van der Waals surface area (Å²) in [4.78, 5) is 10.6. The second-order valence-electron chi connectivity index (χ2n) is 2.77. The highest BCUT2D eigenvalue weighted by Gasteiger charge is 2.21. The second-order valence-corrected chi connectivity index (χ2v) is 3.04.